The molecule has 0 saturated carbocycles. The summed E-state index contributed by atoms with van der Waals surface area (Å²) in [6, 6.07) is 2.14. The van der Waals surface area contributed by atoms with Crippen LogP contribution in [0.25, 0.3) is 0 Å². The summed E-state index contributed by atoms with van der Waals surface area (Å²) in [5, 5.41) is 7.73. The maximum Gasteiger partial charge on any atom is 0.266 e. The fourth-order valence-corrected chi connectivity index (χ4v) is 3.81. The molecule has 3 N–H and O–H groups in total. The molecule has 0 atom stereocenters. The van der Waals surface area contributed by atoms with Crippen LogP contribution in [0.3, 0.4) is 0 Å². The summed E-state index contributed by atoms with van der Waals surface area (Å²) in [6.07, 6.45) is 1.45. The lowest BCUT2D eigenvalue weighted by Crippen LogP contribution is -2.18. The first-order valence-corrected chi connectivity index (χ1v) is 8.98. The highest BCUT2D eigenvalue weighted by Gasteiger charge is 2.22. The standard InChI is InChI=1S/C12H14ClFN4O2S2/c1-15-2-3-16-10-7-9(14)11(6-8(10)13)22(19,20)18-12-17-4-5-21-12/h4-7,15-16H,2-3H2,1H3,(H,17,18). The molecular formula is C12H14ClFN4O2S2. The van der Waals surface area contributed by atoms with E-state index in [1.54, 1.807) is 12.4 Å². The van der Waals surface area contributed by atoms with Crippen molar-refractivity contribution < 1.29 is 12.8 Å². The van der Waals surface area contributed by atoms with Crippen molar-refractivity contribution in [3.63, 3.8) is 0 Å². The van der Waals surface area contributed by atoms with Crippen LogP contribution in [0, 0.1) is 5.82 Å². The van der Waals surface area contributed by atoms with Crippen molar-refractivity contribution in [3.05, 3.63) is 34.5 Å². The third-order valence-corrected chi connectivity index (χ3v) is 5.14. The van der Waals surface area contributed by atoms with Crippen LogP contribution in [0.15, 0.2) is 28.6 Å². The van der Waals surface area contributed by atoms with Gasteiger partial charge in [-0.15, -0.1) is 11.3 Å². The van der Waals surface area contributed by atoms with Crippen LogP contribution in [0.4, 0.5) is 15.2 Å². The second-order valence-corrected chi connectivity index (χ2v) is 7.19. The van der Waals surface area contributed by atoms with Crippen molar-refractivity contribution in [1.82, 2.24) is 10.3 Å². The van der Waals surface area contributed by atoms with Gasteiger partial charge in [-0.1, -0.05) is 11.6 Å². The lowest BCUT2D eigenvalue weighted by atomic mass is 10.3. The monoisotopic (exact) mass is 364 g/mol. The highest BCUT2D eigenvalue weighted by Crippen LogP contribution is 2.29. The number of anilines is 2. The first kappa shape index (κ1) is 16.9. The van der Waals surface area contributed by atoms with E-state index in [2.05, 4.69) is 20.3 Å². The molecule has 2 aromatic rings. The van der Waals surface area contributed by atoms with Gasteiger partial charge in [0.1, 0.15) is 10.7 Å². The molecule has 2 rings (SSSR count). The summed E-state index contributed by atoms with van der Waals surface area (Å²) in [6.45, 7) is 1.18. The van der Waals surface area contributed by atoms with E-state index in [1.165, 1.54) is 6.20 Å². The van der Waals surface area contributed by atoms with Gasteiger partial charge >= 0.3 is 0 Å². The average molecular weight is 365 g/mol. The second-order valence-electron chi connectivity index (χ2n) is 4.24. The van der Waals surface area contributed by atoms with Crippen molar-refractivity contribution >= 4 is 43.8 Å². The van der Waals surface area contributed by atoms with Crippen LogP contribution in [-0.2, 0) is 10.0 Å². The molecular weight excluding hydrogens is 351 g/mol. The number of rotatable bonds is 7. The van der Waals surface area contributed by atoms with E-state index in [-0.39, 0.29) is 10.2 Å². The van der Waals surface area contributed by atoms with Crippen molar-refractivity contribution in [3.8, 4) is 0 Å². The molecule has 1 aromatic carbocycles. The Balaban J connectivity index is 2.26. The van der Waals surface area contributed by atoms with Gasteiger partial charge in [0.05, 0.1) is 10.7 Å². The molecule has 1 heterocycles. The van der Waals surface area contributed by atoms with E-state index in [0.717, 1.165) is 23.5 Å². The SMILES string of the molecule is CNCCNc1cc(F)c(S(=O)(=O)Nc2nccs2)cc1Cl. The number of benzene rings is 1. The van der Waals surface area contributed by atoms with Crippen LogP contribution in [0.2, 0.25) is 5.02 Å². The molecule has 0 saturated heterocycles. The first-order chi connectivity index (χ1) is 10.4. The van der Waals surface area contributed by atoms with Crippen LogP contribution in [0.1, 0.15) is 0 Å². The fraction of sp³-hybridized carbons (Fsp3) is 0.250. The highest BCUT2D eigenvalue weighted by atomic mass is 35.5. The van der Waals surface area contributed by atoms with Crippen LogP contribution in [-0.4, -0.2) is 33.5 Å². The van der Waals surface area contributed by atoms with E-state index in [1.807, 2.05) is 0 Å². The minimum absolute atomic E-state index is 0.122. The van der Waals surface area contributed by atoms with E-state index < -0.39 is 20.7 Å². The number of halogens is 2. The molecule has 120 valence electrons. The van der Waals surface area contributed by atoms with E-state index in [0.29, 0.717) is 18.8 Å². The minimum Gasteiger partial charge on any atom is -0.382 e. The van der Waals surface area contributed by atoms with E-state index in [9.17, 15) is 12.8 Å². The van der Waals surface area contributed by atoms with E-state index >= 15 is 0 Å². The highest BCUT2D eigenvalue weighted by molar-refractivity contribution is 7.93. The number of nitrogens with zero attached hydrogens (tertiary/aromatic N) is 1. The van der Waals surface area contributed by atoms with Gasteiger partial charge in [0.15, 0.2) is 5.13 Å². The molecule has 10 heteroatoms. The quantitative estimate of drug-likeness (QED) is 0.657. The number of likely N-dealkylation sites (N-methyl/N-ethyl adjacent to an activating group) is 1. The Labute approximate surface area is 136 Å². The smallest absolute Gasteiger partial charge is 0.266 e. The molecule has 0 radical (unpaired) electrons. The summed E-state index contributed by atoms with van der Waals surface area (Å²) in [5.74, 6) is -0.889. The van der Waals surface area contributed by atoms with Gasteiger partial charge in [-0.05, 0) is 19.2 Å². The zero-order valence-corrected chi connectivity index (χ0v) is 13.9. The summed E-state index contributed by atoms with van der Waals surface area (Å²) in [4.78, 5) is 3.28. The van der Waals surface area contributed by atoms with Gasteiger partial charge in [-0.25, -0.2) is 17.8 Å². The number of sulfonamides is 1. The lowest BCUT2D eigenvalue weighted by Gasteiger charge is -2.12. The first-order valence-electron chi connectivity index (χ1n) is 6.24. The van der Waals surface area contributed by atoms with Crippen molar-refractivity contribution in [2.24, 2.45) is 0 Å². The maximum absolute atomic E-state index is 14.1. The van der Waals surface area contributed by atoms with Crippen LogP contribution < -0.4 is 15.4 Å². The molecule has 1 aromatic heterocycles. The van der Waals surface area contributed by atoms with Crippen molar-refractivity contribution in [2.75, 3.05) is 30.2 Å². The number of hydrogen-bond donors (Lipinski definition) is 3. The van der Waals surface area contributed by atoms with Gasteiger partial charge in [-0.2, -0.15) is 0 Å². The molecule has 0 unspecified atom stereocenters. The predicted molar refractivity (Wildman–Crippen MR) is 86.7 cm³/mol. The number of nitrogens with one attached hydrogen (secondary N) is 3. The number of aromatic nitrogens is 1. The molecule has 0 aliphatic heterocycles. The van der Waals surface area contributed by atoms with Gasteiger partial charge in [0.2, 0.25) is 0 Å². The third-order valence-electron chi connectivity index (χ3n) is 2.66. The molecule has 0 spiro atoms. The summed E-state index contributed by atoms with van der Waals surface area (Å²) in [5.41, 5.74) is 0.336. The Morgan fingerprint density at radius 3 is 2.77 bits per heavy atom. The molecule has 0 aliphatic carbocycles. The Morgan fingerprint density at radius 1 is 1.36 bits per heavy atom. The van der Waals surface area contributed by atoms with Crippen LogP contribution in [0.5, 0.6) is 0 Å². The van der Waals surface area contributed by atoms with Gasteiger partial charge in [0.25, 0.3) is 10.0 Å². The summed E-state index contributed by atoms with van der Waals surface area (Å²) in [7, 11) is -2.30. The van der Waals surface area contributed by atoms with E-state index in [4.69, 9.17) is 11.6 Å². The molecule has 0 amide bonds. The van der Waals surface area contributed by atoms with Crippen molar-refractivity contribution in [1.29, 1.82) is 0 Å². The Bertz CT molecular complexity index is 738. The van der Waals surface area contributed by atoms with Gasteiger partial charge in [0, 0.05) is 24.7 Å². The molecule has 0 fully saturated rings. The zero-order valence-electron chi connectivity index (χ0n) is 11.6. The average Bonchev–Trinajstić information content (AvgIpc) is 2.94. The fourth-order valence-electron chi connectivity index (χ4n) is 1.64. The number of thiazole rings is 1. The van der Waals surface area contributed by atoms with Gasteiger partial charge in [-0.3, -0.25) is 4.72 Å². The molecule has 22 heavy (non-hydrogen) atoms. The minimum atomic E-state index is -4.08. The normalized spacial score (nSPS) is 11.4. The molecule has 6 nitrogen and oxygen atoms in total. The predicted octanol–water partition coefficient (Wildman–Crippen LogP) is 2.37. The Hall–Kier alpha value is -1.42. The molecule has 0 aliphatic rings. The Morgan fingerprint density at radius 2 is 2.14 bits per heavy atom. The molecule has 0 bridgehead atoms. The number of hydrogen-bond acceptors (Lipinski definition) is 6. The largest absolute Gasteiger partial charge is 0.382 e. The third kappa shape index (κ3) is 4.07. The summed E-state index contributed by atoms with van der Waals surface area (Å²) < 4.78 is 40.7. The topological polar surface area (TPSA) is 83.1 Å². The van der Waals surface area contributed by atoms with Crippen molar-refractivity contribution in [2.45, 2.75) is 4.90 Å². The van der Waals surface area contributed by atoms with Gasteiger partial charge < -0.3 is 10.6 Å². The Kier molecular flexibility index (Phi) is 5.57. The lowest BCUT2D eigenvalue weighted by molar-refractivity contribution is 0.570. The van der Waals surface area contributed by atoms with Crippen LogP contribution >= 0.6 is 22.9 Å². The maximum atomic E-state index is 14.1. The summed E-state index contributed by atoms with van der Waals surface area (Å²) >= 11 is 7.11. The zero-order chi connectivity index (χ0) is 16.2. The second kappa shape index (κ2) is 7.23.